The van der Waals surface area contributed by atoms with Crippen LogP contribution in [-0.2, 0) is 9.53 Å². The van der Waals surface area contributed by atoms with Crippen molar-refractivity contribution < 1.29 is 9.53 Å². The first kappa shape index (κ1) is 14.0. The Morgan fingerprint density at radius 3 is 2.76 bits per heavy atom. The molecule has 0 aromatic heterocycles. The molecule has 2 nitrogen and oxygen atoms in total. The highest BCUT2D eigenvalue weighted by atomic mass is 16.5. The maximum Gasteiger partial charge on any atom is 0.306 e. The minimum Gasteiger partial charge on any atom is -0.457 e. The topological polar surface area (TPSA) is 26.3 Å². The van der Waals surface area contributed by atoms with Gasteiger partial charge >= 0.3 is 5.97 Å². The Bertz CT molecular complexity index is 289. The van der Waals surface area contributed by atoms with Crippen LogP contribution in [-0.4, -0.2) is 12.1 Å². The molecule has 0 saturated carbocycles. The fourth-order valence-corrected chi connectivity index (χ4v) is 2.00. The number of hydrogen-bond donors (Lipinski definition) is 0. The van der Waals surface area contributed by atoms with Gasteiger partial charge in [0.25, 0.3) is 0 Å². The molecule has 0 fully saturated rings. The molecule has 0 amide bonds. The van der Waals surface area contributed by atoms with Crippen LogP contribution in [0.15, 0.2) is 23.8 Å². The number of rotatable bonds is 7. The Balaban J connectivity index is 2.38. The second-order valence-corrected chi connectivity index (χ2v) is 4.53. The fourth-order valence-electron chi connectivity index (χ4n) is 2.00. The Labute approximate surface area is 105 Å². The molecule has 1 rings (SSSR count). The van der Waals surface area contributed by atoms with Gasteiger partial charge in [-0.3, -0.25) is 4.79 Å². The predicted molar refractivity (Wildman–Crippen MR) is 70.8 cm³/mol. The highest BCUT2D eigenvalue weighted by Crippen LogP contribution is 2.19. The van der Waals surface area contributed by atoms with E-state index in [9.17, 15) is 4.79 Å². The standard InChI is InChI=1S/C15H24O2/c1-3-5-7-12-15(16)17-14(4-2)13-10-8-6-9-11-13/h8,10-11,14H,3-7,9,12H2,1-2H3/t14-/m0/s1. The van der Waals surface area contributed by atoms with Gasteiger partial charge in [0, 0.05) is 6.42 Å². The quantitative estimate of drug-likeness (QED) is 0.490. The third kappa shape index (κ3) is 5.20. The van der Waals surface area contributed by atoms with E-state index in [0.29, 0.717) is 6.42 Å². The Morgan fingerprint density at radius 1 is 1.35 bits per heavy atom. The molecule has 0 N–H and O–H groups in total. The highest BCUT2D eigenvalue weighted by molar-refractivity contribution is 5.69. The van der Waals surface area contributed by atoms with E-state index in [0.717, 1.165) is 38.5 Å². The molecule has 2 heteroatoms. The third-order valence-electron chi connectivity index (χ3n) is 3.02. The van der Waals surface area contributed by atoms with E-state index in [1.807, 2.05) is 0 Å². The average Bonchev–Trinajstić information content (AvgIpc) is 2.37. The minimum atomic E-state index is -0.0508. The zero-order valence-corrected chi connectivity index (χ0v) is 11.1. The monoisotopic (exact) mass is 236 g/mol. The molecule has 0 radical (unpaired) electrons. The van der Waals surface area contributed by atoms with E-state index in [2.05, 4.69) is 32.1 Å². The lowest BCUT2D eigenvalue weighted by atomic mass is 10.0. The summed E-state index contributed by atoms with van der Waals surface area (Å²) < 4.78 is 5.53. The van der Waals surface area contributed by atoms with Crippen molar-refractivity contribution in [1.82, 2.24) is 0 Å². The second kappa shape index (κ2) is 8.10. The van der Waals surface area contributed by atoms with Gasteiger partial charge in [0.15, 0.2) is 0 Å². The lowest BCUT2D eigenvalue weighted by Crippen LogP contribution is -2.19. The molecular formula is C15H24O2. The summed E-state index contributed by atoms with van der Waals surface area (Å²) in [5.41, 5.74) is 1.17. The molecule has 0 aromatic rings. The minimum absolute atomic E-state index is 0.0410. The van der Waals surface area contributed by atoms with Gasteiger partial charge in [-0.1, -0.05) is 44.9 Å². The summed E-state index contributed by atoms with van der Waals surface area (Å²) in [7, 11) is 0. The Morgan fingerprint density at radius 2 is 2.18 bits per heavy atom. The summed E-state index contributed by atoms with van der Waals surface area (Å²) in [5.74, 6) is -0.0508. The van der Waals surface area contributed by atoms with Crippen molar-refractivity contribution in [2.75, 3.05) is 0 Å². The van der Waals surface area contributed by atoms with Gasteiger partial charge in [0.05, 0.1) is 0 Å². The van der Waals surface area contributed by atoms with E-state index in [1.165, 1.54) is 5.57 Å². The summed E-state index contributed by atoms with van der Waals surface area (Å²) >= 11 is 0. The number of allylic oxidation sites excluding steroid dienone is 2. The Hall–Kier alpha value is -1.05. The molecule has 1 atom stereocenters. The summed E-state index contributed by atoms with van der Waals surface area (Å²) in [5, 5.41) is 0. The van der Waals surface area contributed by atoms with Gasteiger partial charge in [-0.05, 0) is 31.3 Å². The van der Waals surface area contributed by atoms with Gasteiger partial charge in [0.2, 0.25) is 0 Å². The lowest BCUT2D eigenvalue weighted by Gasteiger charge is -2.19. The molecule has 0 bridgehead atoms. The van der Waals surface area contributed by atoms with Crippen LogP contribution in [0.4, 0.5) is 0 Å². The third-order valence-corrected chi connectivity index (χ3v) is 3.02. The molecule has 96 valence electrons. The largest absolute Gasteiger partial charge is 0.457 e. The van der Waals surface area contributed by atoms with Crippen molar-refractivity contribution in [2.45, 2.75) is 64.9 Å². The number of unbranched alkanes of at least 4 members (excludes halogenated alkanes) is 2. The normalized spacial score (nSPS) is 16.5. The highest BCUT2D eigenvalue weighted by Gasteiger charge is 2.16. The molecule has 0 spiro atoms. The first-order valence-electron chi connectivity index (χ1n) is 6.84. The van der Waals surface area contributed by atoms with Gasteiger partial charge in [-0.15, -0.1) is 0 Å². The van der Waals surface area contributed by atoms with Crippen molar-refractivity contribution in [3.05, 3.63) is 23.8 Å². The number of ether oxygens (including phenoxy) is 1. The van der Waals surface area contributed by atoms with Crippen LogP contribution >= 0.6 is 0 Å². The maximum absolute atomic E-state index is 11.7. The van der Waals surface area contributed by atoms with Crippen LogP contribution in [0.3, 0.4) is 0 Å². The molecular weight excluding hydrogens is 212 g/mol. The summed E-state index contributed by atoms with van der Waals surface area (Å²) in [6.07, 6.45) is 13.2. The first-order chi connectivity index (χ1) is 8.27. The smallest absolute Gasteiger partial charge is 0.306 e. The zero-order valence-electron chi connectivity index (χ0n) is 11.1. The van der Waals surface area contributed by atoms with E-state index < -0.39 is 0 Å². The molecule has 0 saturated heterocycles. The summed E-state index contributed by atoms with van der Waals surface area (Å²) in [6.45, 7) is 4.20. The summed E-state index contributed by atoms with van der Waals surface area (Å²) in [4.78, 5) is 11.7. The number of esters is 1. The average molecular weight is 236 g/mol. The van der Waals surface area contributed by atoms with Crippen molar-refractivity contribution in [2.24, 2.45) is 0 Å². The lowest BCUT2D eigenvalue weighted by molar-refractivity contribution is -0.147. The van der Waals surface area contributed by atoms with Crippen LogP contribution in [0.2, 0.25) is 0 Å². The van der Waals surface area contributed by atoms with E-state index >= 15 is 0 Å². The van der Waals surface area contributed by atoms with Gasteiger partial charge in [0.1, 0.15) is 6.10 Å². The number of carbonyl (C=O) groups is 1. The molecule has 0 aliphatic heterocycles. The fraction of sp³-hybridized carbons (Fsp3) is 0.667. The molecule has 17 heavy (non-hydrogen) atoms. The van der Waals surface area contributed by atoms with Crippen LogP contribution in [0.1, 0.15) is 58.8 Å². The number of hydrogen-bond acceptors (Lipinski definition) is 2. The van der Waals surface area contributed by atoms with Crippen molar-refractivity contribution in [1.29, 1.82) is 0 Å². The molecule has 1 aliphatic carbocycles. The van der Waals surface area contributed by atoms with Crippen molar-refractivity contribution >= 4 is 5.97 Å². The van der Waals surface area contributed by atoms with E-state index in [4.69, 9.17) is 4.74 Å². The summed E-state index contributed by atoms with van der Waals surface area (Å²) in [6, 6.07) is 0. The van der Waals surface area contributed by atoms with Gasteiger partial charge < -0.3 is 4.74 Å². The van der Waals surface area contributed by atoms with Crippen LogP contribution < -0.4 is 0 Å². The Kier molecular flexibility index (Phi) is 6.68. The van der Waals surface area contributed by atoms with E-state index in [1.54, 1.807) is 0 Å². The first-order valence-corrected chi connectivity index (χ1v) is 6.84. The van der Waals surface area contributed by atoms with Crippen LogP contribution in [0.25, 0.3) is 0 Å². The van der Waals surface area contributed by atoms with Crippen molar-refractivity contribution in [3.63, 3.8) is 0 Å². The maximum atomic E-state index is 11.7. The van der Waals surface area contributed by atoms with E-state index in [-0.39, 0.29) is 12.1 Å². The zero-order chi connectivity index (χ0) is 12.5. The SMILES string of the molecule is CCCCCC(=O)O[C@@H](CC)C1=CCCC=C1. The van der Waals surface area contributed by atoms with Crippen LogP contribution in [0.5, 0.6) is 0 Å². The van der Waals surface area contributed by atoms with Gasteiger partial charge in [-0.2, -0.15) is 0 Å². The van der Waals surface area contributed by atoms with Crippen LogP contribution in [0, 0.1) is 0 Å². The van der Waals surface area contributed by atoms with Crippen molar-refractivity contribution in [3.8, 4) is 0 Å². The number of carbonyl (C=O) groups excluding carboxylic acids is 1. The molecule has 0 unspecified atom stereocenters. The van der Waals surface area contributed by atoms with Gasteiger partial charge in [-0.25, -0.2) is 0 Å². The molecule has 0 aromatic carbocycles. The predicted octanol–water partition coefficient (Wildman–Crippen LogP) is 4.16. The second-order valence-electron chi connectivity index (χ2n) is 4.53. The molecule has 1 aliphatic rings. The molecule has 0 heterocycles.